The van der Waals surface area contributed by atoms with Crippen LogP contribution in [-0.2, 0) is 4.79 Å². The van der Waals surface area contributed by atoms with Gasteiger partial charge in [0.2, 0.25) is 0 Å². The minimum atomic E-state index is -0.340. The average Bonchev–Trinajstić information content (AvgIpc) is 2.25. The molecule has 0 aliphatic rings. The number of hydrogen-bond donors (Lipinski definition) is 2. The molecule has 0 saturated carbocycles. The number of hydrogen-bond acceptors (Lipinski definition) is 3. The smallest absolute Gasteiger partial charge is 0.271 e. The number of amides is 1. The van der Waals surface area contributed by atoms with E-state index in [1.807, 2.05) is 24.5 Å². The Morgan fingerprint density at radius 2 is 2.12 bits per heavy atom. The zero-order valence-corrected chi connectivity index (χ0v) is 9.91. The van der Waals surface area contributed by atoms with Gasteiger partial charge in [-0.1, -0.05) is 19.9 Å². The van der Waals surface area contributed by atoms with Crippen LogP contribution in [0.2, 0.25) is 0 Å². The maximum absolute atomic E-state index is 10.9. The van der Waals surface area contributed by atoms with E-state index in [-0.39, 0.29) is 12.5 Å². The summed E-state index contributed by atoms with van der Waals surface area (Å²) in [4.78, 5) is 10.9. The minimum absolute atomic E-state index is 0.0580. The van der Waals surface area contributed by atoms with Crippen molar-refractivity contribution in [3.05, 3.63) is 29.3 Å². The van der Waals surface area contributed by atoms with Crippen molar-refractivity contribution in [1.82, 2.24) is 5.43 Å². The number of benzene rings is 1. The summed E-state index contributed by atoms with van der Waals surface area (Å²) in [6.07, 6.45) is 0. The van der Waals surface area contributed by atoms with Crippen LogP contribution in [0.5, 0.6) is 5.75 Å². The predicted octanol–water partition coefficient (Wildman–Crippen LogP) is 1.49. The summed E-state index contributed by atoms with van der Waals surface area (Å²) in [5.41, 5.74) is 4.34. The normalized spacial score (nSPS) is 10.3. The molecular weight excluding hydrogens is 204 g/mol. The van der Waals surface area contributed by atoms with Gasteiger partial charge in [0.15, 0.2) is 6.61 Å². The highest BCUT2D eigenvalue weighted by molar-refractivity contribution is 5.76. The van der Waals surface area contributed by atoms with Crippen molar-refractivity contribution in [3.63, 3.8) is 0 Å². The molecule has 0 atom stereocenters. The molecule has 4 heteroatoms. The second kappa shape index (κ2) is 5.51. The van der Waals surface area contributed by atoms with Gasteiger partial charge in [-0.3, -0.25) is 10.2 Å². The number of nitrogens with two attached hydrogens (primary N) is 1. The molecule has 3 N–H and O–H groups in total. The van der Waals surface area contributed by atoms with Crippen LogP contribution in [0.3, 0.4) is 0 Å². The van der Waals surface area contributed by atoms with Gasteiger partial charge in [0.25, 0.3) is 5.91 Å². The van der Waals surface area contributed by atoms with Crippen LogP contribution >= 0.6 is 0 Å². The first-order chi connectivity index (χ1) is 7.52. The summed E-state index contributed by atoms with van der Waals surface area (Å²) >= 11 is 0. The molecule has 0 fully saturated rings. The van der Waals surface area contributed by atoms with Crippen molar-refractivity contribution in [1.29, 1.82) is 0 Å². The molecule has 0 bridgehead atoms. The molecule has 0 aliphatic carbocycles. The maximum Gasteiger partial charge on any atom is 0.271 e. The average molecular weight is 222 g/mol. The highest BCUT2D eigenvalue weighted by atomic mass is 16.5. The first kappa shape index (κ1) is 12.5. The van der Waals surface area contributed by atoms with Crippen LogP contribution in [0.4, 0.5) is 0 Å². The lowest BCUT2D eigenvalue weighted by Gasteiger charge is -2.11. The molecular formula is C12H18N2O2. The summed E-state index contributed by atoms with van der Waals surface area (Å²) in [7, 11) is 0. The maximum atomic E-state index is 10.9. The van der Waals surface area contributed by atoms with Crippen molar-refractivity contribution >= 4 is 5.91 Å². The van der Waals surface area contributed by atoms with E-state index < -0.39 is 0 Å². The highest BCUT2D eigenvalue weighted by Gasteiger charge is 2.05. The van der Waals surface area contributed by atoms with E-state index in [4.69, 9.17) is 10.6 Å². The van der Waals surface area contributed by atoms with Crippen molar-refractivity contribution in [3.8, 4) is 5.75 Å². The van der Waals surface area contributed by atoms with Gasteiger partial charge in [0.05, 0.1) is 0 Å². The summed E-state index contributed by atoms with van der Waals surface area (Å²) in [5.74, 6) is 5.76. The Bertz CT molecular complexity index is 375. The SMILES string of the molecule is Cc1cc(OCC(=O)NN)cc(C(C)C)c1. The number of nitrogens with one attached hydrogen (secondary N) is 1. The standard InChI is InChI=1S/C12H18N2O2/c1-8(2)10-4-9(3)5-11(6-10)16-7-12(15)14-13/h4-6,8H,7,13H2,1-3H3,(H,14,15). The van der Waals surface area contributed by atoms with Gasteiger partial charge >= 0.3 is 0 Å². The van der Waals surface area contributed by atoms with Crippen LogP contribution in [0.25, 0.3) is 0 Å². The third-order valence-electron chi connectivity index (χ3n) is 2.27. The minimum Gasteiger partial charge on any atom is -0.484 e. The van der Waals surface area contributed by atoms with Gasteiger partial charge in [-0.15, -0.1) is 0 Å². The fourth-order valence-corrected chi connectivity index (χ4v) is 1.38. The molecule has 1 amide bonds. The summed E-state index contributed by atoms with van der Waals surface area (Å²) < 4.78 is 5.34. The zero-order valence-electron chi connectivity index (χ0n) is 9.91. The predicted molar refractivity (Wildman–Crippen MR) is 63.1 cm³/mol. The number of carbonyl (C=O) groups is 1. The van der Waals surface area contributed by atoms with E-state index in [0.29, 0.717) is 11.7 Å². The van der Waals surface area contributed by atoms with Gasteiger partial charge in [-0.2, -0.15) is 0 Å². The Kier molecular flexibility index (Phi) is 4.31. The van der Waals surface area contributed by atoms with Crippen LogP contribution in [0, 0.1) is 6.92 Å². The van der Waals surface area contributed by atoms with Crippen LogP contribution in [0.1, 0.15) is 30.9 Å². The first-order valence-corrected chi connectivity index (χ1v) is 5.26. The fraction of sp³-hybridized carbons (Fsp3) is 0.417. The molecule has 1 aromatic rings. The third kappa shape index (κ3) is 3.55. The summed E-state index contributed by atoms with van der Waals surface area (Å²) in [6.45, 7) is 6.18. The molecule has 0 spiro atoms. The van der Waals surface area contributed by atoms with Gasteiger partial charge in [0, 0.05) is 0 Å². The molecule has 4 nitrogen and oxygen atoms in total. The quantitative estimate of drug-likeness (QED) is 0.461. The van der Waals surface area contributed by atoms with Crippen molar-refractivity contribution < 1.29 is 9.53 Å². The van der Waals surface area contributed by atoms with E-state index in [9.17, 15) is 4.79 Å². The number of rotatable bonds is 4. The second-order valence-corrected chi connectivity index (χ2v) is 4.09. The monoisotopic (exact) mass is 222 g/mol. The molecule has 16 heavy (non-hydrogen) atoms. The Morgan fingerprint density at radius 3 is 2.69 bits per heavy atom. The molecule has 0 aliphatic heterocycles. The molecule has 0 aromatic heterocycles. The zero-order chi connectivity index (χ0) is 12.1. The van der Waals surface area contributed by atoms with E-state index in [1.165, 1.54) is 5.56 Å². The van der Waals surface area contributed by atoms with Crippen molar-refractivity contribution in [2.24, 2.45) is 5.84 Å². The molecule has 0 heterocycles. The third-order valence-corrected chi connectivity index (χ3v) is 2.27. The number of ether oxygens (including phenoxy) is 1. The van der Waals surface area contributed by atoms with Crippen LogP contribution < -0.4 is 16.0 Å². The summed E-state index contributed by atoms with van der Waals surface area (Å²) in [6, 6.07) is 5.96. The molecule has 1 rings (SSSR count). The van der Waals surface area contributed by atoms with E-state index in [2.05, 4.69) is 19.9 Å². The van der Waals surface area contributed by atoms with E-state index in [1.54, 1.807) is 0 Å². The van der Waals surface area contributed by atoms with Crippen LogP contribution in [0.15, 0.2) is 18.2 Å². The van der Waals surface area contributed by atoms with Crippen molar-refractivity contribution in [2.45, 2.75) is 26.7 Å². The number of hydrazine groups is 1. The van der Waals surface area contributed by atoms with E-state index in [0.717, 1.165) is 5.56 Å². The van der Waals surface area contributed by atoms with Gasteiger partial charge in [0.1, 0.15) is 5.75 Å². The molecule has 0 unspecified atom stereocenters. The lowest BCUT2D eigenvalue weighted by atomic mass is 10.0. The Labute approximate surface area is 95.8 Å². The Balaban J connectivity index is 2.76. The lowest BCUT2D eigenvalue weighted by Crippen LogP contribution is -2.34. The van der Waals surface area contributed by atoms with Gasteiger partial charge in [-0.25, -0.2) is 5.84 Å². The Hall–Kier alpha value is -1.55. The van der Waals surface area contributed by atoms with Gasteiger partial charge in [-0.05, 0) is 36.1 Å². The topological polar surface area (TPSA) is 64.3 Å². The second-order valence-electron chi connectivity index (χ2n) is 4.09. The highest BCUT2D eigenvalue weighted by Crippen LogP contribution is 2.22. The molecule has 0 radical (unpaired) electrons. The fourth-order valence-electron chi connectivity index (χ4n) is 1.38. The van der Waals surface area contributed by atoms with Crippen molar-refractivity contribution in [2.75, 3.05) is 6.61 Å². The molecule has 88 valence electrons. The largest absolute Gasteiger partial charge is 0.484 e. The Morgan fingerprint density at radius 1 is 1.44 bits per heavy atom. The van der Waals surface area contributed by atoms with Crippen LogP contribution in [-0.4, -0.2) is 12.5 Å². The van der Waals surface area contributed by atoms with Gasteiger partial charge < -0.3 is 4.74 Å². The lowest BCUT2D eigenvalue weighted by molar-refractivity contribution is -0.123. The number of aryl methyl sites for hydroxylation is 1. The number of carbonyl (C=O) groups excluding carboxylic acids is 1. The summed E-state index contributed by atoms with van der Waals surface area (Å²) in [5, 5.41) is 0. The molecule has 0 saturated heterocycles. The molecule has 1 aromatic carbocycles. The first-order valence-electron chi connectivity index (χ1n) is 5.26. The van der Waals surface area contributed by atoms with E-state index >= 15 is 0 Å².